The SMILES string of the molecule is O=C(NCC1(Sc2ccccc2)CC1)N1CCC(Nc2ccccc2)CC1. The molecule has 2 aromatic rings. The average Bonchev–Trinajstić information content (AvgIpc) is 3.48. The molecule has 1 aliphatic carbocycles. The Labute approximate surface area is 165 Å². The van der Waals surface area contributed by atoms with E-state index >= 15 is 0 Å². The van der Waals surface area contributed by atoms with Gasteiger partial charge in [-0.05, 0) is 49.9 Å². The van der Waals surface area contributed by atoms with Crippen LogP contribution in [0.15, 0.2) is 65.6 Å². The first-order chi connectivity index (χ1) is 13.2. The van der Waals surface area contributed by atoms with Crippen LogP contribution in [0.3, 0.4) is 0 Å². The Hall–Kier alpha value is -2.14. The molecule has 4 nitrogen and oxygen atoms in total. The first-order valence-corrected chi connectivity index (χ1v) is 10.6. The molecular formula is C22H27N3OS. The lowest BCUT2D eigenvalue weighted by molar-refractivity contribution is 0.183. The van der Waals surface area contributed by atoms with E-state index in [0.717, 1.165) is 38.2 Å². The van der Waals surface area contributed by atoms with Crippen molar-refractivity contribution in [3.63, 3.8) is 0 Å². The number of para-hydroxylation sites is 1. The number of amides is 2. The highest BCUT2D eigenvalue weighted by molar-refractivity contribution is 8.01. The molecule has 0 spiro atoms. The summed E-state index contributed by atoms with van der Waals surface area (Å²) in [5.74, 6) is 0. The molecule has 0 radical (unpaired) electrons. The number of thioether (sulfide) groups is 1. The van der Waals surface area contributed by atoms with Gasteiger partial charge in [0.25, 0.3) is 0 Å². The maximum atomic E-state index is 12.6. The minimum absolute atomic E-state index is 0.0908. The van der Waals surface area contributed by atoms with Crippen molar-refractivity contribution in [2.45, 2.75) is 41.4 Å². The molecule has 1 heterocycles. The minimum Gasteiger partial charge on any atom is -0.382 e. The number of anilines is 1. The maximum Gasteiger partial charge on any atom is 0.317 e. The van der Waals surface area contributed by atoms with Crippen LogP contribution in [0.5, 0.6) is 0 Å². The van der Waals surface area contributed by atoms with Gasteiger partial charge in [0, 0.05) is 41.0 Å². The van der Waals surface area contributed by atoms with Crippen LogP contribution in [0.1, 0.15) is 25.7 Å². The largest absolute Gasteiger partial charge is 0.382 e. The second-order valence-electron chi connectivity index (χ2n) is 7.53. The predicted molar refractivity (Wildman–Crippen MR) is 112 cm³/mol. The van der Waals surface area contributed by atoms with Gasteiger partial charge in [0.05, 0.1) is 0 Å². The zero-order chi connectivity index (χ0) is 18.5. The fourth-order valence-electron chi connectivity index (χ4n) is 3.54. The molecule has 27 heavy (non-hydrogen) atoms. The normalized spacial score (nSPS) is 18.7. The van der Waals surface area contributed by atoms with Crippen LogP contribution < -0.4 is 10.6 Å². The predicted octanol–water partition coefficient (Wildman–Crippen LogP) is 4.60. The highest BCUT2D eigenvalue weighted by Crippen LogP contribution is 2.51. The molecule has 2 aliphatic rings. The second kappa shape index (κ2) is 8.26. The molecular weight excluding hydrogens is 354 g/mol. The molecule has 2 fully saturated rings. The Kier molecular flexibility index (Phi) is 5.58. The van der Waals surface area contributed by atoms with Gasteiger partial charge in [-0.15, -0.1) is 11.8 Å². The third kappa shape index (κ3) is 4.98. The molecule has 2 amide bonds. The Morgan fingerprint density at radius 2 is 1.63 bits per heavy atom. The lowest BCUT2D eigenvalue weighted by atomic mass is 10.0. The molecule has 0 bridgehead atoms. The number of nitrogens with zero attached hydrogens (tertiary/aromatic N) is 1. The van der Waals surface area contributed by atoms with E-state index in [0.29, 0.717) is 6.04 Å². The number of rotatable bonds is 6. The zero-order valence-electron chi connectivity index (χ0n) is 15.6. The first kappa shape index (κ1) is 18.2. The number of likely N-dealkylation sites (tertiary alicyclic amines) is 1. The molecule has 5 heteroatoms. The van der Waals surface area contributed by atoms with Gasteiger partial charge in [-0.3, -0.25) is 0 Å². The van der Waals surface area contributed by atoms with Crippen molar-refractivity contribution < 1.29 is 4.79 Å². The van der Waals surface area contributed by atoms with E-state index in [-0.39, 0.29) is 10.8 Å². The monoisotopic (exact) mass is 381 g/mol. The van der Waals surface area contributed by atoms with Crippen molar-refractivity contribution in [1.29, 1.82) is 0 Å². The third-order valence-electron chi connectivity index (χ3n) is 5.37. The average molecular weight is 382 g/mol. The topological polar surface area (TPSA) is 44.4 Å². The summed E-state index contributed by atoms with van der Waals surface area (Å²) in [5, 5.41) is 6.76. The van der Waals surface area contributed by atoms with E-state index in [1.165, 1.54) is 17.7 Å². The Bertz CT molecular complexity index is 741. The Morgan fingerprint density at radius 3 is 2.26 bits per heavy atom. The number of hydrogen-bond donors (Lipinski definition) is 2. The van der Waals surface area contributed by atoms with Gasteiger partial charge >= 0.3 is 6.03 Å². The third-order valence-corrected chi connectivity index (χ3v) is 6.87. The van der Waals surface area contributed by atoms with Crippen LogP contribution in [-0.2, 0) is 0 Å². The summed E-state index contributed by atoms with van der Waals surface area (Å²) >= 11 is 1.90. The molecule has 4 rings (SSSR count). The summed E-state index contributed by atoms with van der Waals surface area (Å²) in [4.78, 5) is 15.8. The summed E-state index contributed by atoms with van der Waals surface area (Å²) < 4.78 is 0.199. The summed E-state index contributed by atoms with van der Waals surface area (Å²) in [6.07, 6.45) is 4.34. The molecule has 1 saturated carbocycles. The molecule has 1 aliphatic heterocycles. The van der Waals surface area contributed by atoms with Crippen molar-refractivity contribution in [1.82, 2.24) is 10.2 Å². The summed E-state index contributed by atoms with van der Waals surface area (Å²) in [5.41, 5.74) is 1.16. The zero-order valence-corrected chi connectivity index (χ0v) is 16.4. The number of carbonyl (C=O) groups is 1. The van der Waals surface area contributed by atoms with Crippen LogP contribution >= 0.6 is 11.8 Å². The number of benzene rings is 2. The van der Waals surface area contributed by atoms with Gasteiger partial charge in [-0.25, -0.2) is 4.79 Å². The van der Waals surface area contributed by atoms with Crippen molar-refractivity contribution in [3.05, 3.63) is 60.7 Å². The fourth-order valence-corrected chi connectivity index (χ4v) is 4.78. The number of nitrogens with one attached hydrogen (secondary N) is 2. The van der Waals surface area contributed by atoms with E-state index < -0.39 is 0 Å². The van der Waals surface area contributed by atoms with Crippen LogP contribution in [0.4, 0.5) is 10.5 Å². The lowest BCUT2D eigenvalue weighted by Crippen LogP contribution is -2.48. The van der Waals surface area contributed by atoms with Crippen LogP contribution in [0.25, 0.3) is 0 Å². The number of urea groups is 1. The van der Waals surface area contributed by atoms with Gasteiger partial charge in [0.2, 0.25) is 0 Å². The Balaban J connectivity index is 1.21. The first-order valence-electron chi connectivity index (χ1n) is 9.81. The van der Waals surface area contributed by atoms with E-state index in [2.05, 4.69) is 47.0 Å². The quantitative estimate of drug-likeness (QED) is 0.769. The molecule has 1 saturated heterocycles. The van der Waals surface area contributed by atoms with Crippen molar-refractivity contribution >= 4 is 23.5 Å². The van der Waals surface area contributed by atoms with Crippen molar-refractivity contribution in [2.75, 3.05) is 25.0 Å². The Morgan fingerprint density at radius 1 is 1.00 bits per heavy atom. The minimum atomic E-state index is 0.0908. The van der Waals surface area contributed by atoms with E-state index in [4.69, 9.17) is 0 Å². The number of carbonyl (C=O) groups excluding carboxylic acids is 1. The van der Waals surface area contributed by atoms with E-state index in [1.807, 2.05) is 40.9 Å². The number of hydrogen-bond acceptors (Lipinski definition) is 3. The highest BCUT2D eigenvalue weighted by Gasteiger charge is 2.44. The van der Waals surface area contributed by atoms with E-state index in [1.54, 1.807) is 0 Å². The van der Waals surface area contributed by atoms with Crippen molar-refractivity contribution in [2.24, 2.45) is 0 Å². The molecule has 142 valence electrons. The molecule has 0 atom stereocenters. The maximum absolute atomic E-state index is 12.6. The van der Waals surface area contributed by atoms with Gasteiger partial charge in [-0.1, -0.05) is 36.4 Å². The number of piperidine rings is 1. The molecule has 0 aromatic heterocycles. The molecule has 0 unspecified atom stereocenters. The highest BCUT2D eigenvalue weighted by atomic mass is 32.2. The molecule has 2 N–H and O–H groups in total. The molecule has 2 aromatic carbocycles. The van der Waals surface area contributed by atoms with Crippen molar-refractivity contribution in [3.8, 4) is 0 Å². The van der Waals surface area contributed by atoms with Gasteiger partial charge in [0.15, 0.2) is 0 Å². The van der Waals surface area contributed by atoms with Gasteiger partial charge in [0.1, 0.15) is 0 Å². The van der Waals surface area contributed by atoms with E-state index in [9.17, 15) is 4.79 Å². The van der Waals surface area contributed by atoms with Crippen LogP contribution in [-0.4, -0.2) is 41.4 Å². The lowest BCUT2D eigenvalue weighted by Gasteiger charge is -2.33. The standard InChI is InChI=1S/C22H27N3OS/c26-21(23-17-22(13-14-22)27-20-9-5-2-6-10-20)25-15-11-19(12-16-25)24-18-7-3-1-4-8-18/h1-10,19,24H,11-17H2,(H,23,26). The summed E-state index contributed by atoms with van der Waals surface area (Å²) in [7, 11) is 0. The van der Waals surface area contributed by atoms with Gasteiger partial charge < -0.3 is 15.5 Å². The smallest absolute Gasteiger partial charge is 0.317 e. The summed E-state index contributed by atoms with van der Waals surface area (Å²) in [6, 6.07) is 21.3. The second-order valence-corrected chi connectivity index (χ2v) is 9.07. The summed E-state index contributed by atoms with van der Waals surface area (Å²) in [6.45, 7) is 2.39. The van der Waals surface area contributed by atoms with Crippen LogP contribution in [0, 0.1) is 0 Å². The van der Waals surface area contributed by atoms with Crippen LogP contribution in [0.2, 0.25) is 0 Å². The van der Waals surface area contributed by atoms with Gasteiger partial charge in [-0.2, -0.15) is 0 Å². The fraction of sp³-hybridized carbons (Fsp3) is 0.409.